The molecule has 1 amide bonds. The molecule has 33 heavy (non-hydrogen) atoms. The van der Waals surface area contributed by atoms with E-state index in [2.05, 4.69) is 4.98 Å². The monoisotopic (exact) mass is 488 g/mol. The van der Waals surface area contributed by atoms with Crippen molar-refractivity contribution < 1.29 is 17.9 Å². The summed E-state index contributed by atoms with van der Waals surface area (Å²) in [5.41, 5.74) is 1.22. The maximum atomic E-state index is 13.5. The maximum absolute atomic E-state index is 13.5. The normalized spacial score (nSPS) is 14.8. The molecule has 4 rings (SSSR count). The van der Waals surface area contributed by atoms with Crippen LogP contribution < -0.4 is 9.64 Å². The number of carbonyl (C=O) groups excluding carboxylic acids is 1. The average molecular weight is 489 g/mol. The van der Waals surface area contributed by atoms with Crippen molar-refractivity contribution in [2.24, 2.45) is 0 Å². The van der Waals surface area contributed by atoms with Crippen molar-refractivity contribution in [3.8, 4) is 5.75 Å². The van der Waals surface area contributed by atoms with Gasteiger partial charge in [0.15, 0.2) is 5.13 Å². The highest BCUT2D eigenvalue weighted by Crippen LogP contribution is 2.32. The Balaban J connectivity index is 1.63. The van der Waals surface area contributed by atoms with Crippen molar-refractivity contribution in [2.45, 2.75) is 17.7 Å². The van der Waals surface area contributed by atoms with E-state index in [9.17, 15) is 13.2 Å². The third-order valence-corrected chi connectivity index (χ3v) is 8.59. The van der Waals surface area contributed by atoms with E-state index >= 15 is 0 Å². The molecular formula is C23H28N4O4S2. The number of nitrogens with zero attached hydrogens (tertiary/aromatic N) is 4. The quantitative estimate of drug-likeness (QED) is 0.484. The van der Waals surface area contributed by atoms with Gasteiger partial charge in [0, 0.05) is 31.7 Å². The van der Waals surface area contributed by atoms with E-state index in [4.69, 9.17) is 4.74 Å². The Hall–Kier alpha value is -2.53. The number of methoxy groups -OCH3 is 1. The zero-order valence-electron chi connectivity index (χ0n) is 19.0. The van der Waals surface area contributed by atoms with Gasteiger partial charge in [-0.15, -0.1) is 0 Å². The van der Waals surface area contributed by atoms with Crippen LogP contribution in [0.25, 0.3) is 10.2 Å². The first-order valence-electron chi connectivity index (χ1n) is 10.8. The van der Waals surface area contributed by atoms with Crippen LogP contribution in [0.3, 0.4) is 0 Å². The number of benzene rings is 2. The fourth-order valence-electron chi connectivity index (χ4n) is 3.72. The van der Waals surface area contributed by atoms with E-state index in [-0.39, 0.29) is 10.8 Å². The molecule has 0 bridgehead atoms. The van der Waals surface area contributed by atoms with Gasteiger partial charge in [-0.3, -0.25) is 9.69 Å². The molecule has 0 saturated carbocycles. The number of thiazole rings is 1. The van der Waals surface area contributed by atoms with Gasteiger partial charge in [0.1, 0.15) is 5.75 Å². The van der Waals surface area contributed by atoms with Crippen LogP contribution >= 0.6 is 11.3 Å². The van der Waals surface area contributed by atoms with E-state index in [1.807, 2.05) is 37.2 Å². The molecule has 8 nitrogen and oxygen atoms in total. The number of aromatic nitrogens is 1. The van der Waals surface area contributed by atoms with E-state index < -0.39 is 10.0 Å². The minimum absolute atomic E-state index is 0.215. The lowest BCUT2D eigenvalue weighted by Gasteiger charge is -2.22. The molecule has 1 aromatic heterocycles. The fraction of sp³-hybridized carbons (Fsp3) is 0.391. The Morgan fingerprint density at radius 2 is 1.79 bits per heavy atom. The number of amides is 1. The zero-order valence-corrected chi connectivity index (χ0v) is 20.7. The summed E-state index contributed by atoms with van der Waals surface area (Å²) < 4.78 is 33.3. The molecule has 3 aromatic rings. The molecule has 176 valence electrons. The maximum Gasteiger partial charge on any atom is 0.260 e. The topological polar surface area (TPSA) is 83.0 Å². The second-order valence-electron chi connectivity index (χ2n) is 8.23. The Labute approximate surface area is 198 Å². The van der Waals surface area contributed by atoms with E-state index in [0.29, 0.717) is 36.9 Å². The van der Waals surface area contributed by atoms with Gasteiger partial charge in [-0.25, -0.2) is 13.4 Å². The van der Waals surface area contributed by atoms with Crippen LogP contribution in [0.4, 0.5) is 5.13 Å². The molecule has 0 aliphatic carbocycles. The molecule has 0 radical (unpaired) electrons. The number of anilines is 1. The van der Waals surface area contributed by atoms with Crippen LogP contribution in [-0.2, 0) is 10.0 Å². The molecule has 1 saturated heterocycles. The molecule has 1 aliphatic heterocycles. The van der Waals surface area contributed by atoms with Crippen LogP contribution in [0.15, 0.2) is 47.4 Å². The molecule has 2 heterocycles. The minimum Gasteiger partial charge on any atom is -0.497 e. The third-order valence-electron chi connectivity index (χ3n) is 5.64. The van der Waals surface area contributed by atoms with Gasteiger partial charge in [-0.1, -0.05) is 11.3 Å². The number of ether oxygens (including phenoxy) is 1. The molecule has 0 unspecified atom stereocenters. The van der Waals surface area contributed by atoms with E-state index in [1.54, 1.807) is 24.1 Å². The van der Waals surface area contributed by atoms with Gasteiger partial charge in [-0.2, -0.15) is 4.31 Å². The molecule has 1 fully saturated rings. The van der Waals surface area contributed by atoms with Crippen molar-refractivity contribution in [3.05, 3.63) is 48.0 Å². The van der Waals surface area contributed by atoms with Crippen LogP contribution in [0.2, 0.25) is 0 Å². The highest BCUT2D eigenvalue weighted by molar-refractivity contribution is 7.89. The van der Waals surface area contributed by atoms with Crippen LogP contribution in [0.1, 0.15) is 23.2 Å². The number of sulfonamides is 1. The SMILES string of the molecule is COc1ccc2nc(N(CCN(C)C)C(=O)c3ccc(S(=O)(=O)N4CCCC4)cc3)sc2c1. The summed E-state index contributed by atoms with van der Waals surface area (Å²) in [5.74, 6) is 0.520. The Bertz CT molecular complexity index is 1230. The second-order valence-corrected chi connectivity index (χ2v) is 11.2. The number of hydrogen-bond acceptors (Lipinski definition) is 7. The van der Waals surface area contributed by atoms with Crippen LogP contribution in [0, 0.1) is 0 Å². The van der Waals surface area contributed by atoms with E-state index in [0.717, 1.165) is 28.8 Å². The Morgan fingerprint density at radius 1 is 1.09 bits per heavy atom. The van der Waals surface area contributed by atoms with Crippen molar-refractivity contribution in [1.29, 1.82) is 0 Å². The highest BCUT2D eigenvalue weighted by Gasteiger charge is 2.28. The van der Waals surface area contributed by atoms with E-state index in [1.165, 1.54) is 27.8 Å². The summed E-state index contributed by atoms with van der Waals surface area (Å²) in [6, 6.07) is 11.8. The lowest BCUT2D eigenvalue weighted by atomic mass is 10.2. The standard InChI is InChI=1S/C23H28N4O4S2/c1-25(2)14-15-27(23-24-20-11-8-18(31-3)16-21(20)32-23)22(28)17-6-9-19(10-7-17)33(29,30)26-12-4-5-13-26/h6-11,16H,4-5,12-15H2,1-3H3. The predicted molar refractivity (Wildman–Crippen MR) is 131 cm³/mol. The van der Waals surface area contributed by atoms with Crippen LogP contribution in [0.5, 0.6) is 5.75 Å². The molecule has 0 spiro atoms. The van der Waals surface area contributed by atoms with Gasteiger partial charge < -0.3 is 9.64 Å². The predicted octanol–water partition coefficient (Wildman–Crippen LogP) is 3.30. The first kappa shape index (κ1) is 23.6. The first-order chi connectivity index (χ1) is 15.8. The number of rotatable bonds is 8. The highest BCUT2D eigenvalue weighted by atomic mass is 32.2. The smallest absolute Gasteiger partial charge is 0.260 e. The largest absolute Gasteiger partial charge is 0.497 e. The summed E-state index contributed by atoms with van der Waals surface area (Å²) in [6.07, 6.45) is 1.76. The summed E-state index contributed by atoms with van der Waals surface area (Å²) in [5, 5.41) is 0.596. The van der Waals surface area contributed by atoms with Crippen LogP contribution in [-0.4, -0.2) is 75.9 Å². The number of fused-ring (bicyclic) bond motifs is 1. The number of carbonyl (C=O) groups is 1. The summed E-state index contributed by atoms with van der Waals surface area (Å²) in [4.78, 5) is 22.0. The molecule has 0 N–H and O–H groups in total. The molecule has 1 aliphatic rings. The van der Waals surface area contributed by atoms with Crippen molar-refractivity contribution in [1.82, 2.24) is 14.2 Å². The van der Waals surface area contributed by atoms with Gasteiger partial charge in [-0.05, 0) is 69.4 Å². The van der Waals surface area contributed by atoms with Crippen molar-refractivity contribution in [2.75, 3.05) is 52.3 Å². The Kier molecular flexibility index (Phi) is 6.99. The lowest BCUT2D eigenvalue weighted by molar-refractivity contribution is 0.0985. The summed E-state index contributed by atoms with van der Waals surface area (Å²) >= 11 is 1.43. The fourth-order valence-corrected chi connectivity index (χ4v) is 6.26. The van der Waals surface area contributed by atoms with Gasteiger partial charge in [0.2, 0.25) is 10.0 Å². The molecule has 2 aromatic carbocycles. The second kappa shape index (κ2) is 9.76. The van der Waals surface area contributed by atoms with Gasteiger partial charge >= 0.3 is 0 Å². The molecular weight excluding hydrogens is 460 g/mol. The average Bonchev–Trinajstić information content (AvgIpc) is 3.49. The number of hydrogen-bond donors (Lipinski definition) is 0. The summed E-state index contributed by atoms with van der Waals surface area (Å²) in [6.45, 7) is 2.20. The molecule has 10 heteroatoms. The number of likely N-dealkylation sites (N-methyl/N-ethyl adjacent to an activating group) is 1. The minimum atomic E-state index is -3.52. The van der Waals surface area contributed by atoms with Gasteiger partial charge in [0.05, 0.1) is 22.2 Å². The van der Waals surface area contributed by atoms with Crippen molar-refractivity contribution >= 4 is 42.6 Å². The Morgan fingerprint density at radius 3 is 2.42 bits per heavy atom. The summed E-state index contributed by atoms with van der Waals surface area (Å²) in [7, 11) is 1.99. The third kappa shape index (κ3) is 5.03. The first-order valence-corrected chi connectivity index (χ1v) is 13.1. The zero-order chi connectivity index (χ0) is 23.6. The molecule has 0 atom stereocenters. The van der Waals surface area contributed by atoms with Gasteiger partial charge in [0.25, 0.3) is 5.91 Å². The lowest BCUT2D eigenvalue weighted by Crippen LogP contribution is -2.36. The van der Waals surface area contributed by atoms with Crippen molar-refractivity contribution in [3.63, 3.8) is 0 Å².